The molecular weight excluding hydrogens is 781 g/mol. The summed E-state index contributed by atoms with van der Waals surface area (Å²) in [7, 11) is -6.56. The van der Waals surface area contributed by atoms with Gasteiger partial charge < -0.3 is 27.6 Å². The summed E-state index contributed by atoms with van der Waals surface area (Å²) in [5.41, 5.74) is 8.60. The van der Waals surface area contributed by atoms with Crippen molar-refractivity contribution >= 4 is 65.8 Å². The van der Waals surface area contributed by atoms with Gasteiger partial charge in [-0.1, -0.05) is 10.4 Å². The van der Waals surface area contributed by atoms with Gasteiger partial charge in [0.05, 0.1) is 39.5 Å². The maximum Gasteiger partial charge on any atom is 0.306 e. The molecule has 6 aromatic rings. The van der Waals surface area contributed by atoms with Crippen LogP contribution in [-0.4, -0.2) is 108 Å². The van der Waals surface area contributed by atoms with Crippen molar-refractivity contribution in [2.45, 2.75) is 60.4 Å². The van der Waals surface area contributed by atoms with Gasteiger partial charge in [-0.2, -0.15) is 19.3 Å². The van der Waals surface area contributed by atoms with Gasteiger partial charge >= 0.3 is 5.97 Å². The van der Waals surface area contributed by atoms with Crippen LogP contribution in [0.25, 0.3) is 33.7 Å². The van der Waals surface area contributed by atoms with Crippen molar-refractivity contribution in [3.63, 3.8) is 0 Å². The average molecular weight is 821 g/mol. The Morgan fingerprint density at radius 2 is 1.09 bits per heavy atom. The highest BCUT2D eigenvalue weighted by Crippen LogP contribution is 2.29. The van der Waals surface area contributed by atoms with E-state index in [0.29, 0.717) is 64.9 Å². The molecule has 57 heavy (non-hydrogen) atoms. The molecule has 2 aliphatic rings. The van der Waals surface area contributed by atoms with Crippen LogP contribution < -0.4 is 22.5 Å². The van der Waals surface area contributed by atoms with E-state index in [1.807, 2.05) is 0 Å². The number of aliphatic carboxylic acids is 1. The van der Waals surface area contributed by atoms with E-state index < -0.39 is 25.6 Å². The average Bonchev–Trinajstić information content (AvgIpc) is 3.98. The van der Waals surface area contributed by atoms with Crippen molar-refractivity contribution < 1.29 is 31.5 Å². The minimum Gasteiger partial charge on any atom is -0.481 e. The molecule has 0 saturated heterocycles. The zero-order valence-corrected chi connectivity index (χ0v) is 32.4. The number of sulfone groups is 2. The molecule has 0 bridgehead atoms. The SMILES string of the molecule is CS(=O)(=O)c1ccc(-n2nnc3cnc(N[C@@H]4CC[C@@H](C(=O)O)C4)nc32)cc1.CS(=O)(=O)c1ccc(-n2nnc3cnc(N[C@@H]4CC[C@@H](C(N)=O)C4)nc32)cc1.N. The van der Waals surface area contributed by atoms with E-state index in [9.17, 15) is 26.4 Å². The van der Waals surface area contributed by atoms with Gasteiger partial charge in [-0.25, -0.2) is 26.8 Å². The van der Waals surface area contributed by atoms with Gasteiger partial charge in [0.1, 0.15) is 0 Å². The summed E-state index contributed by atoms with van der Waals surface area (Å²) >= 11 is 0. The van der Waals surface area contributed by atoms with E-state index in [-0.39, 0.29) is 45.8 Å². The molecule has 4 atom stereocenters. The molecule has 300 valence electrons. The molecule has 2 aliphatic carbocycles. The summed E-state index contributed by atoms with van der Waals surface area (Å²) in [5.74, 6) is -0.733. The standard InChI is InChI=1S/C17H19N7O3S.C17H18N6O4S.H3N/c1-28(26,27)13-6-4-12(5-7-13)24-16-14(22-23-24)9-19-17(21-16)20-11-3-2-10(8-11)15(18)25;1-28(26,27)13-6-4-12(5-7-13)23-15-14(21-22-23)9-18-17(20-15)19-11-3-2-10(8-11)16(24)25;/h4-7,9-11H,2-3,8H2,1H3,(H2,18,25)(H,19,20,21);4-7,9-11H,2-3,8H2,1H3,(H,24,25)(H,18,19,20);1H3/t2*10-,11-;/m11./s1. The first-order valence-electron chi connectivity index (χ1n) is 17.5. The van der Waals surface area contributed by atoms with Gasteiger partial charge in [-0.15, -0.1) is 10.2 Å². The molecule has 2 fully saturated rings. The molecule has 2 saturated carbocycles. The van der Waals surface area contributed by atoms with Crippen LogP contribution in [0.4, 0.5) is 11.9 Å². The molecule has 8 rings (SSSR count). The van der Waals surface area contributed by atoms with Gasteiger partial charge in [0, 0.05) is 30.5 Å². The number of amides is 1. The van der Waals surface area contributed by atoms with E-state index in [1.165, 1.54) is 33.6 Å². The molecule has 0 spiro atoms. The molecule has 1 amide bonds. The summed E-state index contributed by atoms with van der Waals surface area (Å²) in [6, 6.07) is 12.7. The number of rotatable bonds is 10. The first kappa shape index (κ1) is 40.5. The van der Waals surface area contributed by atoms with Crippen LogP contribution in [0.5, 0.6) is 0 Å². The number of nitrogens with two attached hydrogens (primary N) is 1. The second kappa shape index (κ2) is 16.1. The smallest absolute Gasteiger partial charge is 0.306 e. The highest BCUT2D eigenvalue weighted by molar-refractivity contribution is 7.91. The molecule has 4 heterocycles. The lowest BCUT2D eigenvalue weighted by molar-refractivity contribution is -0.141. The number of nitrogens with zero attached hydrogens (tertiary/aromatic N) is 10. The third kappa shape index (κ3) is 9.10. The number of nitrogens with one attached hydrogen (secondary N) is 2. The maximum atomic E-state index is 11.6. The van der Waals surface area contributed by atoms with Crippen molar-refractivity contribution in [2.75, 3.05) is 23.1 Å². The molecule has 0 radical (unpaired) electrons. The van der Waals surface area contributed by atoms with Crippen molar-refractivity contribution in [3.8, 4) is 11.4 Å². The minimum atomic E-state index is -3.28. The Hall–Kier alpha value is -6.20. The zero-order valence-electron chi connectivity index (χ0n) is 30.8. The third-order valence-electron chi connectivity index (χ3n) is 9.69. The highest BCUT2D eigenvalue weighted by atomic mass is 32.2. The fourth-order valence-electron chi connectivity index (χ4n) is 6.69. The van der Waals surface area contributed by atoms with Crippen molar-refractivity contribution in [3.05, 3.63) is 60.9 Å². The molecule has 4 aromatic heterocycles. The number of carboxylic acids is 1. The predicted molar refractivity (Wildman–Crippen MR) is 206 cm³/mol. The van der Waals surface area contributed by atoms with E-state index in [0.717, 1.165) is 31.8 Å². The van der Waals surface area contributed by atoms with Crippen LogP contribution in [-0.2, 0) is 29.3 Å². The summed E-state index contributed by atoms with van der Waals surface area (Å²) in [5, 5.41) is 31.8. The number of benzene rings is 2. The van der Waals surface area contributed by atoms with Crippen LogP contribution in [0.1, 0.15) is 38.5 Å². The lowest BCUT2D eigenvalue weighted by Crippen LogP contribution is -2.23. The number of hydrogen-bond donors (Lipinski definition) is 5. The summed E-state index contributed by atoms with van der Waals surface area (Å²) in [4.78, 5) is 40.3. The molecule has 21 nitrogen and oxygen atoms in total. The van der Waals surface area contributed by atoms with Crippen molar-refractivity contribution in [2.24, 2.45) is 17.6 Å². The van der Waals surface area contributed by atoms with E-state index >= 15 is 0 Å². The van der Waals surface area contributed by atoms with Gasteiger partial charge in [0.25, 0.3) is 0 Å². The monoisotopic (exact) mass is 820 g/mol. The Balaban J connectivity index is 0.000000189. The maximum absolute atomic E-state index is 11.6. The molecule has 0 unspecified atom stereocenters. The number of carbonyl (C=O) groups is 2. The number of carbonyl (C=O) groups excluding carboxylic acids is 1. The lowest BCUT2D eigenvalue weighted by Gasteiger charge is -2.12. The Bertz CT molecular complexity index is 2470. The highest BCUT2D eigenvalue weighted by Gasteiger charge is 2.31. The van der Waals surface area contributed by atoms with E-state index in [4.69, 9.17) is 10.8 Å². The van der Waals surface area contributed by atoms with Gasteiger partial charge in [0.15, 0.2) is 42.0 Å². The van der Waals surface area contributed by atoms with Gasteiger partial charge in [0.2, 0.25) is 17.8 Å². The number of anilines is 2. The number of hydrogen-bond acceptors (Lipinski definition) is 17. The number of carboxylic acid groups (broad SMARTS) is 1. The lowest BCUT2D eigenvalue weighted by atomic mass is 10.1. The van der Waals surface area contributed by atoms with Crippen LogP contribution in [0.2, 0.25) is 0 Å². The van der Waals surface area contributed by atoms with Gasteiger partial charge in [-0.05, 0) is 87.1 Å². The molecule has 0 aliphatic heterocycles. The second-order valence-electron chi connectivity index (χ2n) is 13.8. The van der Waals surface area contributed by atoms with Gasteiger partial charge in [-0.3, -0.25) is 9.59 Å². The van der Waals surface area contributed by atoms with Crippen molar-refractivity contribution in [1.82, 2.24) is 56.1 Å². The Kier molecular flexibility index (Phi) is 11.4. The van der Waals surface area contributed by atoms with E-state index in [1.54, 1.807) is 36.7 Å². The number of primary amides is 1. The Morgan fingerprint density at radius 1 is 0.684 bits per heavy atom. The number of fused-ring (bicyclic) bond motifs is 2. The fourth-order valence-corrected chi connectivity index (χ4v) is 7.95. The normalized spacial score (nSPS) is 19.4. The Labute approximate surface area is 325 Å². The summed E-state index contributed by atoms with van der Waals surface area (Å²) in [6.07, 6.45) is 9.54. The third-order valence-corrected chi connectivity index (χ3v) is 11.9. The van der Waals surface area contributed by atoms with E-state index in [2.05, 4.69) is 51.2 Å². The fraction of sp³-hybridized carbons (Fsp3) is 0.353. The number of aromatic nitrogens is 10. The molecule has 23 heteroatoms. The molecule has 2 aromatic carbocycles. The van der Waals surface area contributed by atoms with Crippen LogP contribution in [0.3, 0.4) is 0 Å². The molecular formula is C34H40N14O7S2. The topological polar surface area (TPSA) is 321 Å². The zero-order chi connectivity index (χ0) is 39.8. The summed E-state index contributed by atoms with van der Waals surface area (Å²) in [6.45, 7) is 0. The van der Waals surface area contributed by atoms with Crippen molar-refractivity contribution in [1.29, 1.82) is 0 Å². The largest absolute Gasteiger partial charge is 0.481 e. The first-order chi connectivity index (χ1) is 26.6. The predicted octanol–water partition coefficient (Wildman–Crippen LogP) is 2.12. The van der Waals surface area contributed by atoms with Crippen LogP contribution >= 0.6 is 0 Å². The minimum absolute atomic E-state index is 0. The Morgan fingerprint density at radius 3 is 1.44 bits per heavy atom. The first-order valence-corrected chi connectivity index (χ1v) is 21.2. The molecule has 8 N–H and O–H groups in total. The summed E-state index contributed by atoms with van der Waals surface area (Å²) < 4.78 is 49.5. The second-order valence-corrected chi connectivity index (χ2v) is 17.8. The van der Waals surface area contributed by atoms with Crippen LogP contribution in [0.15, 0.2) is 70.7 Å². The quantitative estimate of drug-likeness (QED) is 0.132. The van der Waals surface area contributed by atoms with Crippen LogP contribution in [0, 0.1) is 11.8 Å².